The van der Waals surface area contributed by atoms with Crippen molar-refractivity contribution in [2.24, 2.45) is 0 Å². The van der Waals surface area contributed by atoms with Crippen molar-refractivity contribution < 1.29 is 28.6 Å². The predicted octanol–water partition coefficient (Wildman–Crippen LogP) is 20.0. The lowest BCUT2D eigenvalue weighted by molar-refractivity contribution is -0.167. The summed E-state index contributed by atoms with van der Waals surface area (Å²) in [5.74, 6) is -0.894. The average molecular weight is 966 g/mol. The molecule has 0 aliphatic rings. The monoisotopic (exact) mass is 965 g/mol. The summed E-state index contributed by atoms with van der Waals surface area (Å²) in [4.78, 5) is 38.2. The van der Waals surface area contributed by atoms with Crippen molar-refractivity contribution in [1.29, 1.82) is 0 Å². The van der Waals surface area contributed by atoms with E-state index in [2.05, 4.69) is 81.5 Å². The summed E-state index contributed by atoms with van der Waals surface area (Å²) in [7, 11) is 0. The minimum Gasteiger partial charge on any atom is -0.462 e. The second kappa shape index (κ2) is 57.7. The molecule has 0 aliphatic carbocycles. The van der Waals surface area contributed by atoms with Crippen molar-refractivity contribution in [2.75, 3.05) is 13.2 Å². The highest BCUT2D eigenvalue weighted by Crippen LogP contribution is 2.15. The molecule has 0 aromatic rings. The smallest absolute Gasteiger partial charge is 0.306 e. The molecule has 6 nitrogen and oxygen atoms in total. The first-order valence-electron chi connectivity index (χ1n) is 29.8. The van der Waals surface area contributed by atoms with Gasteiger partial charge in [0, 0.05) is 19.3 Å². The minimum absolute atomic E-state index is 0.0833. The molecule has 0 aromatic heterocycles. The lowest BCUT2D eigenvalue weighted by Crippen LogP contribution is -2.30. The van der Waals surface area contributed by atoms with Crippen LogP contribution in [0.3, 0.4) is 0 Å². The zero-order valence-electron chi connectivity index (χ0n) is 45.8. The molecule has 0 fully saturated rings. The van der Waals surface area contributed by atoms with Crippen LogP contribution in [0.25, 0.3) is 0 Å². The highest BCUT2D eigenvalue weighted by molar-refractivity contribution is 5.71. The molecule has 0 aromatic carbocycles. The van der Waals surface area contributed by atoms with Gasteiger partial charge < -0.3 is 14.2 Å². The normalized spacial score (nSPS) is 12.4. The Hall–Kier alpha value is -2.89. The van der Waals surface area contributed by atoms with Gasteiger partial charge in [-0.2, -0.15) is 0 Å². The van der Waals surface area contributed by atoms with Crippen molar-refractivity contribution in [1.82, 2.24) is 0 Å². The van der Waals surface area contributed by atoms with Crippen LogP contribution in [0.2, 0.25) is 0 Å². The number of unbranched alkanes of at least 4 members (excludes halogenated alkanes) is 33. The first-order chi connectivity index (χ1) is 34.0. The van der Waals surface area contributed by atoms with E-state index in [1.165, 1.54) is 173 Å². The van der Waals surface area contributed by atoms with Crippen molar-refractivity contribution in [2.45, 2.75) is 309 Å². The van der Waals surface area contributed by atoms with Gasteiger partial charge in [-0.3, -0.25) is 14.4 Å². The number of rotatable bonds is 54. The van der Waals surface area contributed by atoms with Crippen LogP contribution in [0.5, 0.6) is 0 Å². The lowest BCUT2D eigenvalue weighted by atomic mass is 10.1. The fourth-order valence-corrected chi connectivity index (χ4v) is 8.44. The van der Waals surface area contributed by atoms with E-state index in [-0.39, 0.29) is 31.1 Å². The van der Waals surface area contributed by atoms with E-state index in [0.717, 1.165) is 89.9 Å². The van der Waals surface area contributed by atoms with Gasteiger partial charge in [0.25, 0.3) is 0 Å². The number of allylic oxidation sites excluding steroid dienone is 10. The zero-order valence-corrected chi connectivity index (χ0v) is 45.8. The molecule has 1 atom stereocenters. The van der Waals surface area contributed by atoms with Gasteiger partial charge in [-0.1, -0.05) is 236 Å². The van der Waals surface area contributed by atoms with E-state index in [0.29, 0.717) is 19.3 Å². The minimum atomic E-state index is -0.785. The van der Waals surface area contributed by atoms with Gasteiger partial charge in [-0.15, -0.1) is 0 Å². The standard InChI is InChI=1S/C63H112O6/c1-4-7-10-13-16-19-22-25-28-31-33-35-38-41-44-47-50-53-56-62(65)68-59-60(58-67-61(64)55-52-49-46-43-40-37-34-30-27-24-21-18-15-12-9-6-3)69-63(66)57-54-51-48-45-42-39-36-32-29-26-23-20-17-14-11-8-5-2/h17,19-20,22,26,28-31,34,60H,4-16,18,21,23-25,27,32-33,35-59H2,1-3H3/b20-17-,22-19-,29-26-,31-28-,34-30-. The van der Waals surface area contributed by atoms with Gasteiger partial charge in [-0.05, 0) is 109 Å². The average Bonchev–Trinajstić information content (AvgIpc) is 3.35. The van der Waals surface area contributed by atoms with Crippen LogP contribution in [0.15, 0.2) is 60.8 Å². The molecule has 0 spiro atoms. The summed E-state index contributed by atoms with van der Waals surface area (Å²) in [6.45, 7) is 6.60. The van der Waals surface area contributed by atoms with Crippen molar-refractivity contribution >= 4 is 17.9 Å². The Labute approximate surface area is 428 Å². The van der Waals surface area contributed by atoms with Gasteiger partial charge in [-0.25, -0.2) is 0 Å². The molecule has 0 heterocycles. The molecule has 1 unspecified atom stereocenters. The van der Waals surface area contributed by atoms with Crippen molar-refractivity contribution in [3.8, 4) is 0 Å². The fraction of sp³-hybridized carbons (Fsp3) is 0.794. The van der Waals surface area contributed by atoms with Crippen LogP contribution >= 0.6 is 0 Å². The Balaban J connectivity index is 4.40. The lowest BCUT2D eigenvalue weighted by Gasteiger charge is -2.18. The number of carbonyl (C=O) groups is 3. The molecule has 0 saturated carbocycles. The summed E-state index contributed by atoms with van der Waals surface area (Å²) in [5.41, 5.74) is 0. The molecule has 6 heteroatoms. The summed E-state index contributed by atoms with van der Waals surface area (Å²) in [6, 6.07) is 0. The van der Waals surface area contributed by atoms with E-state index in [1.54, 1.807) is 0 Å². The molecule has 69 heavy (non-hydrogen) atoms. The van der Waals surface area contributed by atoms with Gasteiger partial charge >= 0.3 is 17.9 Å². The van der Waals surface area contributed by atoms with Crippen LogP contribution in [0.4, 0.5) is 0 Å². The van der Waals surface area contributed by atoms with Gasteiger partial charge in [0.05, 0.1) is 0 Å². The summed E-state index contributed by atoms with van der Waals surface area (Å²) >= 11 is 0. The van der Waals surface area contributed by atoms with E-state index in [9.17, 15) is 14.4 Å². The summed E-state index contributed by atoms with van der Waals surface area (Å²) < 4.78 is 16.9. The van der Waals surface area contributed by atoms with Crippen LogP contribution in [-0.2, 0) is 28.6 Å². The number of hydrogen-bond donors (Lipinski definition) is 0. The molecular weight excluding hydrogens is 853 g/mol. The maximum Gasteiger partial charge on any atom is 0.306 e. The second-order valence-corrected chi connectivity index (χ2v) is 19.9. The van der Waals surface area contributed by atoms with Gasteiger partial charge in [0.1, 0.15) is 13.2 Å². The Bertz CT molecular complexity index is 1250. The SMILES string of the molecule is CCCCC/C=C\C/C=C\CCCCCCCCCC(=O)OC(COC(=O)CCCCCCC/C=C\CCCCCCCCC)COC(=O)CCCCCCCCC/C=C\C/C=C\CCCCCC. The molecule has 0 amide bonds. The Kier molecular flexibility index (Phi) is 55.3. The molecule has 0 aliphatic heterocycles. The maximum absolute atomic E-state index is 12.9. The van der Waals surface area contributed by atoms with Gasteiger partial charge in [0.15, 0.2) is 6.10 Å². The highest BCUT2D eigenvalue weighted by Gasteiger charge is 2.19. The molecule has 0 radical (unpaired) electrons. The maximum atomic E-state index is 12.9. The number of ether oxygens (including phenoxy) is 3. The predicted molar refractivity (Wildman–Crippen MR) is 298 cm³/mol. The molecule has 0 rings (SSSR count). The number of hydrogen-bond acceptors (Lipinski definition) is 6. The zero-order chi connectivity index (χ0) is 50.0. The summed E-state index contributed by atoms with van der Waals surface area (Å²) in [6.07, 6.45) is 72.0. The highest BCUT2D eigenvalue weighted by atomic mass is 16.6. The summed E-state index contributed by atoms with van der Waals surface area (Å²) in [5, 5.41) is 0. The first kappa shape index (κ1) is 66.1. The van der Waals surface area contributed by atoms with E-state index >= 15 is 0 Å². The molecule has 400 valence electrons. The van der Waals surface area contributed by atoms with Crippen LogP contribution in [-0.4, -0.2) is 37.2 Å². The van der Waals surface area contributed by atoms with E-state index in [4.69, 9.17) is 14.2 Å². The first-order valence-corrected chi connectivity index (χ1v) is 29.8. The second-order valence-electron chi connectivity index (χ2n) is 19.9. The molecular formula is C63H112O6. The Morgan fingerprint density at radius 3 is 0.855 bits per heavy atom. The van der Waals surface area contributed by atoms with Crippen LogP contribution < -0.4 is 0 Å². The Morgan fingerprint density at radius 2 is 0.522 bits per heavy atom. The molecule has 0 bridgehead atoms. The number of esters is 3. The largest absolute Gasteiger partial charge is 0.462 e. The molecule has 0 N–H and O–H groups in total. The third-order valence-electron chi connectivity index (χ3n) is 13.0. The fourth-order valence-electron chi connectivity index (χ4n) is 8.44. The van der Waals surface area contributed by atoms with Crippen molar-refractivity contribution in [3.63, 3.8) is 0 Å². The Morgan fingerprint density at radius 1 is 0.290 bits per heavy atom. The quantitative estimate of drug-likeness (QED) is 0.0262. The van der Waals surface area contributed by atoms with Crippen LogP contribution in [0.1, 0.15) is 303 Å². The number of carbonyl (C=O) groups excluding carboxylic acids is 3. The molecule has 0 saturated heterocycles. The third kappa shape index (κ3) is 55.9. The van der Waals surface area contributed by atoms with E-state index < -0.39 is 6.10 Å². The topological polar surface area (TPSA) is 78.9 Å². The third-order valence-corrected chi connectivity index (χ3v) is 13.0. The van der Waals surface area contributed by atoms with Gasteiger partial charge in [0.2, 0.25) is 0 Å². The van der Waals surface area contributed by atoms with Crippen molar-refractivity contribution in [3.05, 3.63) is 60.8 Å². The van der Waals surface area contributed by atoms with E-state index in [1.807, 2.05) is 0 Å². The van der Waals surface area contributed by atoms with Crippen LogP contribution in [0, 0.1) is 0 Å².